The van der Waals surface area contributed by atoms with Gasteiger partial charge < -0.3 is 10.2 Å². The summed E-state index contributed by atoms with van der Waals surface area (Å²) < 4.78 is 0. The number of benzene rings is 4. The van der Waals surface area contributed by atoms with E-state index in [0.29, 0.717) is 11.3 Å². The van der Waals surface area contributed by atoms with Crippen LogP contribution in [0.5, 0.6) is 5.75 Å². The second-order valence-electron chi connectivity index (χ2n) is 7.54. The second-order valence-corrected chi connectivity index (χ2v) is 7.54. The molecule has 2 N–H and O–H groups in total. The van der Waals surface area contributed by atoms with E-state index in [1.165, 1.54) is 0 Å². The van der Waals surface area contributed by atoms with E-state index in [1.807, 2.05) is 110 Å². The van der Waals surface area contributed by atoms with Crippen LogP contribution in [0.1, 0.15) is 35.2 Å². The smallest absolute Gasteiger partial charge is 0.141 e. The molecule has 0 aliphatic rings. The molecule has 0 aliphatic carbocycles. The van der Waals surface area contributed by atoms with Gasteiger partial charge in [-0.15, -0.1) is 0 Å². The number of nitrogens with zero attached hydrogens (tertiary/aromatic N) is 1. The Bertz CT molecular complexity index is 1120. The van der Waals surface area contributed by atoms with Crippen molar-refractivity contribution >= 4 is 5.71 Å². The summed E-state index contributed by atoms with van der Waals surface area (Å²) in [6, 6.07) is 35.5. The van der Waals surface area contributed by atoms with E-state index >= 15 is 0 Å². The molecular weight excluding hydrogens is 382 g/mol. The van der Waals surface area contributed by atoms with Crippen LogP contribution in [0.25, 0.3) is 0 Å². The number of aromatic hydroxyl groups is 1. The molecule has 4 rings (SSSR count). The Labute approximate surface area is 183 Å². The van der Waals surface area contributed by atoms with Crippen molar-refractivity contribution in [1.29, 1.82) is 0 Å². The first kappa shape index (κ1) is 20.6. The lowest BCUT2D eigenvalue weighted by Crippen LogP contribution is -2.34. The molecule has 3 heteroatoms. The largest absolute Gasteiger partial charge is 0.507 e. The number of aliphatic imine (C=N–C) groups is 1. The fourth-order valence-corrected chi connectivity index (χ4v) is 3.95. The Morgan fingerprint density at radius 2 is 1.13 bits per heavy atom. The average Bonchev–Trinajstić information content (AvgIpc) is 2.84. The quantitative estimate of drug-likeness (QED) is 0.392. The Kier molecular flexibility index (Phi) is 5.96. The summed E-state index contributed by atoms with van der Waals surface area (Å²) in [6.45, 7) is 1.86. The van der Waals surface area contributed by atoms with E-state index in [0.717, 1.165) is 16.7 Å². The van der Waals surface area contributed by atoms with Gasteiger partial charge in [0.25, 0.3) is 0 Å². The fraction of sp³-hybridized carbons (Fsp3) is 0.107. The van der Waals surface area contributed by atoms with Crippen LogP contribution in [0.4, 0.5) is 0 Å². The van der Waals surface area contributed by atoms with Gasteiger partial charge in [0.05, 0.1) is 0 Å². The summed E-state index contributed by atoms with van der Waals surface area (Å²) in [7, 11) is 0. The number of rotatable bonds is 6. The molecule has 0 fully saturated rings. The monoisotopic (exact) mass is 407 g/mol. The maximum atomic E-state index is 12.4. The first-order valence-electron chi connectivity index (χ1n) is 10.3. The first-order valence-corrected chi connectivity index (χ1v) is 10.3. The van der Waals surface area contributed by atoms with Crippen LogP contribution in [0, 0.1) is 0 Å². The molecule has 0 saturated heterocycles. The first-order chi connectivity index (χ1) is 15.1. The fourth-order valence-electron chi connectivity index (χ4n) is 3.95. The second kappa shape index (κ2) is 8.99. The van der Waals surface area contributed by atoms with Crippen molar-refractivity contribution in [1.82, 2.24) is 0 Å². The van der Waals surface area contributed by atoms with Gasteiger partial charge in [0.1, 0.15) is 17.4 Å². The van der Waals surface area contributed by atoms with Gasteiger partial charge in [-0.3, -0.25) is 4.99 Å². The summed E-state index contributed by atoms with van der Waals surface area (Å²) in [5, 5.41) is 22.7. The highest BCUT2D eigenvalue weighted by atomic mass is 16.3. The molecule has 4 aromatic carbocycles. The highest BCUT2D eigenvalue weighted by Gasteiger charge is 2.41. The number of phenolic OH excluding ortho intramolecular Hbond substituents is 1. The zero-order valence-electron chi connectivity index (χ0n) is 17.4. The number of phenols is 1. The van der Waals surface area contributed by atoms with Crippen LogP contribution in [0.15, 0.2) is 120 Å². The lowest BCUT2D eigenvalue weighted by molar-refractivity contribution is 0.0521. The number of hydrogen-bond acceptors (Lipinski definition) is 3. The Morgan fingerprint density at radius 1 is 0.677 bits per heavy atom. The molecule has 0 aromatic heterocycles. The van der Waals surface area contributed by atoms with Crippen LogP contribution in [-0.4, -0.2) is 15.9 Å². The Morgan fingerprint density at radius 3 is 1.65 bits per heavy atom. The van der Waals surface area contributed by atoms with Gasteiger partial charge in [0.2, 0.25) is 0 Å². The predicted octanol–water partition coefficient (Wildman–Crippen LogP) is 5.88. The summed E-state index contributed by atoms with van der Waals surface area (Å²) in [5.74, 6) is 0.165. The van der Waals surface area contributed by atoms with E-state index in [2.05, 4.69) is 0 Å². The van der Waals surface area contributed by atoms with Crippen molar-refractivity contribution in [3.63, 3.8) is 0 Å². The molecule has 0 aliphatic heterocycles. The predicted molar refractivity (Wildman–Crippen MR) is 125 cm³/mol. The topological polar surface area (TPSA) is 52.8 Å². The van der Waals surface area contributed by atoms with E-state index in [9.17, 15) is 10.2 Å². The van der Waals surface area contributed by atoms with Crippen molar-refractivity contribution in [2.24, 2.45) is 4.99 Å². The molecule has 4 aromatic rings. The third kappa shape index (κ3) is 4.14. The van der Waals surface area contributed by atoms with Gasteiger partial charge in [0, 0.05) is 11.3 Å². The van der Waals surface area contributed by atoms with Crippen molar-refractivity contribution in [2.45, 2.75) is 18.6 Å². The molecule has 31 heavy (non-hydrogen) atoms. The van der Waals surface area contributed by atoms with Crippen molar-refractivity contribution < 1.29 is 10.2 Å². The molecule has 0 amide bonds. The molecule has 0 saturated carbocycles. The van der Waals surface area contributed by atoms with Gasteiger partial charge in [0.15, 0.2) is 0 Å². The minimum atomic E-state index is -1.41. The molecule has 0 heterocycles. The lowest BCUT2D eigenvalue weighted by Gasteiger charge is -2.36. The molecule has 1 unspecified atom stereocenters. The normalized spacial score (nSPS) is 13.0. The molecule has 0 bridgehead atoms. The Hall–Kier alpha value is -3.69. The standard InChI is InChI=1S/C28H25NO2/c1-21(25-19-11-12-20-26(25)30)29-27(22-13-5-2-6-14-22)28(31,23-15-7-3-8-16-23)24-17-9-4-10-18-24/h2-20,27,30-31H,1H3. The molecule has 154 valence electrons. The van der Waals surface area contributed by atoms with Crippen LogP contribution >= 0.6 is 0 Å². The van der Waals surface area contributed by atoms with Gasteiger partial charge in [-0.05, 0) is 35.7 Å². The maximum Gasteiger partial charge on any atom is 0.141 e. The van der Waals surface area contributed by atoms with Gasteiger partial charge >= 0.3 is 0 Å². The van der Waals surface area contributed by atoms with Crippen LogP contribution < -0.4 is 0 Å². The van der Waals surface area contributed by atoms with E-state index in [1.54, 1.807) is 12.1 Å². The summed E-state index contributed by atoms with van der Waals surface area (Å²) in [5.41, 5.74) is 2.28. The van der Waals surface area contributed by atoms with Crippen LogP contribution in [0.3, 0.4) is 0 Å². The van der Waals surface area contributed by atoms with Crippen LogP contribution in [0.2, 0.25) is 0 Å². The van der Waals surface area contributed by atoms with Crippen molar-refractivity contribution in [2.75, 3.05) is 0 Å². The number of aliphatic hydroxyl groups is 1. The summed E-state index contributed by atoms with van der Waals surface area (Å²) in [4.78, 5) is 5.01. The number of hydrogen-bond donors (Lipinski definition) is 2. The van der Waals surface area contributed by atoms with Gasteiger partial charge in [-0.2, -0.15) is 0 Å². The van der Waals surface area contributed by atoms with Gasteiger partial charge in [-0.1, -0.05) is 103 Å². The third-order valence-corrected chi connectivity index (χ3v) is 5.56. The minimum Gasteiger partial charge on any atom is -0.507 e. The highest BCUT2D eigenvalue weighted by molar-refractivity contribution is 6.01. The molecule has 1 atom stereocenters. The minimum absolute atomic E-state index is 0.165. The summed E-state index contributed by atoms with van der Waals surface area (Å²) in [6.07, 6.45) is 0. The SMILES string of the molecule is CC(=NC(c1ccccc1)C(O)(c1ccccc1)c1ccccc1)c1ccccc1O. The molecule has 3 nitrogen and oxygen atoms in total. The third-order valence-electron chi connectivity index (χ3n) is 5.56. The molecule has 0 spiro atoms. The highest BCUT2D eigenvalue weighted by Crippen LogP contribution is 2.44. The summed E-state index contributed by atoms with van der Waals surface area (Å²) >= 11 is 0. The molecule has 0 radical (unpaired) electrons. The zero-order valence-corrected chi connectivity index (χ0v) is 17.4. The number of para-hydroxylation sites is 1. The van der Waals surface area contributed by atoms with Crippen molar-refractivity contribution in [3.8, 4) is 5.75 Å². The maximum absolute atomic E-state index is 12.4. The van der Waals surface area contributed by atoms with Crippen LogP contribution in [-0.2, 0) is 5.60 Å². The molecular formula is C28H25NO2. The Balaban J connectivity index is 1.97. The van der Waals surface area contributed by atoms with E-state index in [4.69, 9.17) is 4.99 Å². The van der Waals surface area contributed by atoms with E-state index in [-0.39, 0.29) is 5.75 Å². The zero-order chi connectivity index (χ0) is 21.7. The van der Waals surface area contributed by atoms with Gasteiger partial charge in [-0.25, -0.2) is 0 Å². The lowest BCUT2D eigenvalue weighted by atomic mass is 9.77. The van der Waals surface area contributed by atoms with Crippen molar-refractivity contribution in [3.05, 3.63) is 138 Å². The van der Waals surface area contributed by atoms with E-state index < -0.39 is 11.6 Å². The average molecular weight is 408 g/mol.